The molecule has 0 unspecified atom stereocenters. The Bertz CT molecular complexity index is 573. The van der Waals surface area contributed by atoms with Crippen LogP contribution in [0.2, 0.25) is 0 Å². The number of allylic oxidation sites excluding steroid dienone is 1. The first-order valence-corrected chi connectivity index (χ1v) is 7.13. The van der Waals surface area contributed by atoms with Gasteiger partial charge in [-0.15, -0.1) is 0 Å². The molecule has 0 aliphatic carbocycles. The lowest BCUT2D eigenvalue weighted by atomic mass is 10.2. The van der Waals surface area contributed by atoms with Crippen molar-refractivity contribution in [1.82, 2.24) is 10.6 Å². The molecule has 4 N–H and O–H groups in total. The van der Waals surface area contributed by atoms with Gasteiger partial charge >= 0.3 is 6.03 Å². The van der Waals surface area contributed by atoms with Crippen LogP contribution < -0.4 is 15.8 Å². The number of hydrogen-bond acceptors (Lipinski definition) is 3. The van der Waals surface area contributed by atoms with Gasteiger partial charge in [-0.3, -0.25) is 0 Å². The predicted molar refractivity (Wildman–Crippen MR) is 72.6 cm³/mol. The standard InChI is InChI=1S/C12H17N3O3S/c1-9(2)7-14-12(16)15-8-10-3-5-11(6-4-10)19(13,17)18/h3-7H,8H2,1-2H3,(H2,13,17,18)(H2,14,15,16). The van der Waals surface area contributed by atoms with Crippen LogP contribution in [0.3, 0.4) is 0 Å². The topological polar surface area (TPSA) is 101 Å². The number of sulfonamides is 1. The molecule has 0 aliphatic heterocycles. The van der Waals surface area contributed by atoms with E-state index in [0.29, 0.717) is 6.54 Å². The van der Waals surface area contributed by atoms with E-state index in [4.69, 9.17) is 5.14 Å². The zero-order valence-corrected chi connectivity index (χ0v) is 11.6. The summed E-state index contributed by atoms with van der Waals surface area (Å²) in [4.78, 5) is 11.4. The molecule has 0 heterocycles. The number of nitrogens with one attached hydrogen (secondary N) is 2. The summed E-state index contributed by atoms with van der Waals surface area (Å²) in [7, 11) is -3.68. The molecular formula is C12H17N3O3S. The number of nitrogens with two attached hydrogens (primary N) is 1. The third-order valence-electron chi connectivity index (χ3n) is 2.20. The summed E-state index contributed by atoms with van der Waals surface area (Å²) < 4.78 is 22.1. The molecule has 1 aromatic rings. The van der Waals surface area contributed by atoms with Crippen molar-refractivity contribution in [3.63, 3.8) is 0 Å². The molecule has 2 amide bonds. The zero-order chi connectivity index (χ0) is 14.5. The van der Waals surface area contributed by atoms with E-state index < -0.39 is 10.0 Å². The third-order valence-corrected chi connectivity index (χ3v) is 3.13. The second-order valence-corrected chi connectivity index (χ2v) is 5.80. The zero-order valence-electron chi connectivity index (χ0n) is 10.8. The Morgan fingerprint density at radius 1 is 1.26 bits per heavy atom. The Morgan fingerprint density at radius 2 is 1.84 bits per heavy atom. The van der Waals surface area contributed by atoms with Crippen LogP contribution in [-0.4, -0.2) is 14.4 Å². The van der Waals surface area contributed by atoms with Crippen LogP contribution >= 0.6 is 0 Å². The maximum absolute atomic E-state index is 11.4. The fourth-order valence-corrected chi connectivity index (χ4v) is 1.76. The van der Waals surface area contributed by atoms with Gasteiger partial charge in [-0.2, -0.15) is 0 Å². The molecule has 0 bridgehead atoms. The number of amides is 2. The van der Waals surface area contributed by atoms with Crippen molar-refractivity contribution in [2.75, 3.05) is 0 Å². The molecule has 0 saturated carbocycles. The van der Waals surface area contributed by atoms with E-state index in [1.807, 2.05) is 13.8 Å². The van der Waals surface area contributed by atoms with E-state index in [0.717, 1.165) is 11.1 Å². The van der Waals surface area contributed by atoms with Crippen molar-refractivity contribution in [3.05, 3.63) is 41.6 Å². The second kappa shape index (κ2) is 6.35. The summed E-state index contributed by atoms with van der Waals surface area (Å²) in [5, 5.41) is 10.2. The highest BCUT2D eigenvalue weighted by Gasteiger charge is 2.06. The largest absolute Gasteiger partial charge is 0.334 e. The Kier molecular flexibility index (Phi) is 5.08. The Labute approximate surface area is 112 Å². The number of hydrogen-bond donors (Lipinski definition) is 3. The lowest BCUT2D eigenvalue weighted by Crippen LogP contribution is -2.31. The fourth-order valence-electron chi connectivity index (χ4n) is 1.24. The van der Waals surface area contributed by atoms with Gasteiger partial charge < -0.3 is 10.6 Å². The molecule has 0 saturated heterocycles. The number of benzene rings is 1. The summed E-state index contributed by atoms with van der Waals surface area (Å²) in [6, 6.07) is 5.68. The van der Waals surface area contributed by atoms with Gasteiger partial charge in [0.05, 0.1) is 4.90 Å². The summed E-state index contributed by atoms with van der Waals surface area (Å²) in [6.07, 6.45) is 1.60. The normalized spacial score (nSPS) is 10.7. The van der Waals surface area contributed by atoms with Crippen LogP contribution in [0.1, 0.15) is 19.4 Å². The molecule has 0 aromatic heterocycles. The van der Waals surface area contributed by atoms with Crippen molar-refractivity contribution >= 4 is 16.1 Å². The van der Waals surface area contributed by atoms with Crippen molar-refractivity contribution in [2.45, 2.75) is 25.3 Å². The summed E-state index contributed by atoms with van der Waals surface area (Å²) in [6.45, 7) is 4.03. The molecule has 0 atom stereocenters. The number of carbonyl (C=O) groups is 1. The minimum atomic E-state index is -3.68. The summed E-state index contributed by atoms with van der Waals surface area (Å²) >= 11 is 0. The van der Waals surface area contributed by atoms with Gasteiger partial charge in [0, 0.05) is 12.7 Å². The predicted octanol–water partition coefficient (Wildman–Crippen LogP) is 1.06. The average Bonchev–Trinajstić information content (AvgIpc) is 2.33. The van der Waals surface area contributed by atoms with Gasteiger partial charge in [0.2, 0.25) is 10.0 Å². The lowest BCUT2D eigenvalue weighted by molar-refractivity contribution is 0.243. The molecular weight excluding hydrogens is 266 g/mol. The van der Waals surface area contributed by atoms with Crippen LogP contribution in [0.15, 0.2) is 40.9 Å². The van der Waals surface area contributed by atoms with Gasteiger partial charge in [0.25, 0.3) is 0 Å². The van der Waals surface area contributed by atoms with Crippen molar-refractivity contribution in [2.24, 2.45) is 5.14 Å². The Hall–Kier alpha value is -1.86. The summed E-state index contributed by atoms with van der Waals surface area (Å²) in [5.74, 6) is 0. The third kappa shape index (κ3) is 5.54. The molecule has 0 aliphatic rings. The van der Waals surface area contributed by atoms with Gasteiger partial charge in [0.15, 0.2) is 0 Å². The van der Waals surface area contributed by atoms with Crippen molar-refractivity contribution < 1.29 is 13.2 Å². The molecule has 0 radical (unpaired) electrons. The van der Waals surface area contributed by atoms with Crippen LogP contribution in [0.25, 0.3) is 0 Å². The molecule has 6 nitrogen and oxygen atoms in total. The van der Waals surface area contributed by atoms with E-state index in [1.54, 1.807) is 18.3 Å². The Morgan fingerprint density at radius 3 is 2.32 bits per heavy atom. The quantitative estimate of drug-likeness (QED) is 0.770. The van der Waals surface area contributed by atoms with Crippen LogP contribution in [0.5, 0.6) is 0 Å². The maximum Gasteiger partial charge on any atom is 0.319 e. The fraction of sp³-hybridized carbons (Fsp3) is 0.250. The minimum absolute atomic E-state index is 0.0465. The van der Waals surface area contributed by atoms with Crippen molar-refractivity contribution in [1.29, 1.82) is 0 Å². The molecule has 1 rings (SSSR count). The number of primary sulfonamides is 1. The monoisotopic (exact) mass is 283 g/mol. The summed E-state index contributed by atoms with van der Waals surface area (Å²) in [5.41, 5.74) is 1.76. The highest BCUT2D eigenvalue weighted by atomic mass is 32.2. The highest BCUT2D eigenvalue weighted by Crippen LogP contribution is 2.08. The molecule has 7 heteroatoms. The Balaban J connectivity index is 2.55. The van der Waals surface area contributed by atoms with Crippen LogP contribution in [0.4, 0.5) is 4.79 Å². The highest BCUT2D eigenvalue weighted by molar-refractivity contribution is 7.89. The van der Waals surface area contributed by atoms with E-state index in [-0.39, 0.29) is 10.9 Å². The lowest BCUT2D eigenvalue weighted by Gasteiger charge is -2.06. The van der Waals surface area contributed by atoms with Crippen molar-refractivity contribution in [3.8, 4) is 0 Å². The van der Waals surface area contributed by atoms with E-state index in [9.17, 15) is 13.2 Å². The molecule has 1 aromatic carbocycles. The minimum Gasteiger partial charge on any atom is -0.334 e. The first kappa shape index (κ1) is 15.2. The molecule has 0 spiro atoms. The number of urea groups is 1. The van der Waals surface area contributed by atoms with Gasteiger partial charge in [0.1, 0.15) is 0 Å². The number of carbonyl (C=O) groups excluding carboxylic acids is 1. The van der Waals surface area contributed by atoms with Crippen LogP contribution in [-0.2, 0) is 16.6 Å². The second-order valence-electron chi connectivity index (χ2n) is 4.24. The van der Waals surface area contributed by atoms with Gasteiger partial charge in [-0.1, -0.05) is 17.7 Å². The first-order chi connectivity index (χ1) is 8.79. The van der Waals surface area contributed by atoms with E-state index >= 15 is 0 Å². The van der Waals surface area contributed by atoms with E-state index in [2.05, 4.69) is 10.6 Å². The van der Waals surface area contributed by atoms with E-state index in [1.165, 1.54) is 12.1 Å². The smallest absolute Gasteiger partial charge is 0.319 e. The number of rotatable bonds is 4. The molecule has 0 fully saturated rings. The van der Waals surface area contributed by atoms with Crippen LogP contribution in [0, 0.1) is 0 Å². The van der Waals surface area contributed by atoms with Gasteiger partial charge in [-0.25, -0.2) is 18.4 Å². The molecule has 19 heavy (non-hydrogen) atoms. The first-order valence-electron chi connectivity index (χ1n) is 5.58. The molecule has 104 valence electrons. The maximum atomic E-state index is 11.4. The average molecular weight is 283 g/mol. The SMILES string of the molecule is CC(C)=CNC(=O)NCc1ccc(S(N)(=O)=O)cc1. The van der Waals surface area contributed by atoms with Gasteiger partial charge in [-0.05, 0) is 31.5 Å².